The van der Waals surface area contributed by atoms with Crippen LogP contribution in [0.3, 0.4) is 0 Å². The Morgan fingerprint density at radius 3 is 2.76 bits per heavy atom. The van der Waals surface area contributed by atoms with Crippen LogP contribution in [-0.4, -0.2) is 10.8 Å². The lowest BCUT2D eigenvalue weighted by Crippen LogP contribution is -2.13. The number of nitrogens with zero attached hydrogens (tertiary/aromatic N) is 1. The standard InChI is InChI=1S/C15H17NO/c1-3-12(11(2)17)10-13-8-9-16-15-7-5-4-6-14(13)15/h4-9,12H,3,10H2,1-2H3. The van der Waals surface area contributed by atoms with E-state index in [0.29, 0.717) is 0 Å². The van der Waals surface area contributed by atoms with Crippen LogP contribution in [0.4, 0.5) is 0 Å². The lowest BCUT2D eigenvalue weighted by molar-refractivity contribution is -0.120. The number of carbonyl (C=O) groups excluding carboxylic acids is 1. The smallest absolute Gasteiger partial charge is 0.133 e. The molecule has 0 bridgehead atoms. The van der Waals surface area contributed by atoms with Gasteiger partial charge in [0.05, 0.1) is 5.52 Å². The summed E-state index contributed by atoms with van der Waals surface area (Å²) in [6.07, 6.45) is 3.53. The third-order valence-corrected chi connectivity index (χ3v) is 3.27. The number of pyridine rings is 1. The average Bonchev–Trinajstić information content (AvgIpc) is 2.35. The van der Waals surface area contributed by atoms with E-state index in [0.717, 1.165) is 23.7 Å². The van der Waals surface area contributed by atoms with E-state index in [9.17, 15) is 4.79 Å². The highest BCUT2D eigenvalue weighted by atomic mass is 16.1. The van der Waals surface area contributed by atoms with Gasteiger partial charge in [0.2, 0.25) is 0 Å². The molecule has 2 aromatic rings. The fourth-order valence-corrected chi connectivity index (χ4v) is 2.17. The molecule has 2 nitrogen and oxygen atoms in total. The molecular formula is C15H17NO. The highest BCUT2D eigenvalue weighted by molar-refractivity contribution is 5.83. The Labute approximate surface area is 102 Å². The third-order valence-electron chi connectivity index (χ3n) is 3.27. The highest BCUT2D eigenvalue weighted by Gasteiger charge is 2.13. The highest BCUT2D eigenvalue weighted by Crippen LogP contribution is 2.21. The number of carbonyl (C=O) groups is 1. The van der Waals surface area contributed by atoms with Crippen molar-refractivity contribution in [2.75, 3.05) is 0 Å². The van der Waals surface area contributed by atoms with Gasteiger partial charge in [-0.1, -0.05) is 25.1 Å². The first-order chi connectivity index (χ1) is 8.22. The summed E-state index contributed by atoms with van der Waals surface area (Å²) in [4.78, 5) is 15.8. The molecule has 0 radical (unpaired) electrons. The minimum absolute atomic E-state index is 0.126. The van der Waals surface area contributed by atoms with Crippen LogP contribution in [0.5, 0.6) is 0 Å². The number of benzene rings is 1. The van der Waals surface area contributed by atoms with Crippen LogP contribution in [0.2, 0.25) is 0 Å². The van der Waals surface area contributed by atoms with Gasteiger partial charge in [-0.25, -0.2) is 0 Å². The molecule has 1 aromatic carbocycles. The van der Waals surface area contributed by atoms with Gasteiger partial charge in [0.25, 0.3) is 0 Å². The van der Waals surface area contributed by atoms with E-state index in [1.165, 1.54) is 5.56 Å². The topological polar surface area (TPSA) is 30.0 Å². The van der Waals surface area contributed by atoms with Crippen molar-refractivity contribution < 1.29 is 4.79 Å². The number of Topliss-reactive ketones (excluding diaryl/α,β-unsaturated/α-hetero) is 1. The van der Waals surface area contributed by atoms with Crippen molar-refractivity contribution in [3.63, 3.8) is 0 Å². The van der Waals surface area contributed by atoms with Gasteiger partial charge < -0.3 is 0 Å². The molecule has 17 heavy (non-hydrogen) atoms. The van der Waals surface area contributed by atoms with Crippen molar-refractivity contribution in [2.45, 2.75) is 26.7 Å². The number of para-hydroxylation sites is 1. The monoisotopic (exact) mass is 227 g/mol. The molecule has 1 aromatic heterocycles. The molecule has 0 aliphatic heterocycles. The molecule has 1 atom stereocenters. The lowest BCUT2D eigenvalue weighted by Gasteiger charge is -2.12. The Hall–Kier alpha value is -1.70. The molecule has 0 amide bonds. The van der Waals surface area contributed by atoms with Gasteiger partial charge in [-0.2, -0.15) is 0 Å². The van der Waals surface area contributed by atoms with Gasteiger partial charge in [-0.15, -0.1) is 0 Å². The maximum absolute atomic E-state index is 11.5. The van der Waals surface area contributed by atoms with Crippen molar-refractivity contribution >= 4 is 16.7 Å². The SMILES string of the molecule is CCC(Cc1ccnc2ccccc12)C(C)=O. The minimum Gasteiger partial charge on any atom is -0.300 e. The summed E-state index contributed by atoms with van der Waals surface area (Å²) in [5.41, 5.74) is 2.22. The van der Waals surface area contributed by atoms with Gasteiger partial charge >= 0.3 is 0 Å². The predicted octanol–water partition coefficient (Wildman–Crippen LogP) is 3.39. The van der Waals surface area contributed by atoms with Crippen molar-refractivity contribution in [3.8, 4) is 0 Å². The van der Waals surface area contributed by atoms with Crippen molar-refractivity contribution in [3.05, 3.63) is 42.1 Å². The molecular weight excluding hydrogens is 210 g/mol. The molecule has 0 spiro atoms. The van der Waals surface area contributed by atoms with E-state index in [1.807, 2.05) is 30.5 Å². The zero-order valence-corrected chi connectivity index (χ0v) is 10.3. The summed E-state index contributed by atoms with van der Waals surface area (Å²) in [5, 5.41) is 1.16. The van der Waals surface area contributed by atoms with Gasteiger partial charge in [-0.3, -0.25) is 9.78 Å². The molecule has 2 heteroatoms. The number of rotatable bonds is 4. The summed E-state index contributed by atoms with van der Waals surface area (Å²) < 4.78 is 0. The van der Waals surface area contributed by atoms with E-state index in [2.05, 4.69) is 18.0 Å². The first kappa shape index (κ1) is 11.8. The number of fused-ring (bicyclic) bond motifs is 1. The Balaban J connectivity index is 2.38. The van der Waals surface area contributed by atoms with Gasteiger partial charge in [-0.05, 0) is 37.5 Å². The van der Waals surface area contributed by atoms with Gasteiger partial charge in [0, 0.05) is 17.5 Å². The molecule has 88 valence electrons. The number of hydrogen-bond donors (Lipinski definition) is 0. The van der Waals surface area contributed by atoms with E-state index in [4.69, 9.17) is 0 Å². The first-order valence-corrected chi connectivity index (χ1v) is 6.05. The Bertz CT molecular complexity index is 528. The van der Waals surface area contributed by atoms with Crippen LogP contribution < -0.4 is 0 Å². The molecule has 0 aliphatic carbocycles. The summed E-state index contributed by atoms with van der Waals surface area (Å²) in [7, 11) is 0. The zero-order valence-electron chi connectivity index (χ0n) is 10.3. The second-order valence-corrected chi connectivity index (χ2v) is 4.41. The Kier molecular flexibility index (Phi) is 3.52. The second-order valence-electron chi connectivity index (χ2n) is 4.41. The summed E-state index contributed by atoms with van der Waals surface area (Å²) in [6.45, 7) is 3.74. The van der Waals surface area contributed by atoms with Crippen molar-refractivity contribution in [1.29, 1.82) is 0 Å². The fourth-order valence-electron chi connectivity index (χ4n) is 2.17. The normalized spacial score (nSPS) is 12.6. The summed E-state index contributed by atoms with van der Waals surface area (Å²) in [6, 6.07) is 10.1. The Morgan fingerprint density at radius 1 is 1.29 bits per heavy atom. The van der Waals surface area contributed by atoms with Crippen molar-refractivity contribution in [2.24, 2.45) is 5.92 Å². The van der Waals surface area contributed by atoms with E-state index in [1.54, 1.807) is 6.92 Å². The Morgan fingerprint density at radius 2 is 2.06 bits per heavy atom. The van der Waals surface area contributed by atoms with Gasteiger partial charge in [0.1, 0.15) is 5.78 Å². The van der Waals surface area contributed by atoms with Crippen LogP contribution in [0.1, 0.15) is 25.8 Å². The van der Waals surface area contributed by atoms with E-state index in [-0.39, 0.29) is 11.7 Å². The summed E-state index contributed by atoms with van der Waals surface area (Å²) >= 11 is 0. The van der Waals surface area contributed by atoms with E-state index < -0.39 is 0 Å². The predicted molar refractivity (Wildman–Crippen MR) is 69.9 cm³/mol. The second kappa shape index (κ2) is 5.09. The minimum atomic E-state index is 0.126. The van der Waals surface area contributed by atoms with Crippen LogP contribution in [0, 0.1) is 5.92 Å². The zero-order chi connectivity index (χ0) is 12.3. The van der Waals surface area contributed by atoms with Crippen LogP contribution >= 0.6 is 0 Å². The third kappa shape index (κ3) is 2.52. The van der Waals surface area contributed by atoms with Crippen LogP contribution in [0.15, 0.2) is 36.5 Å². The average molecular weight is 227 g/mol. The van der Waals surface area contributed by atoms with E-state index >= 15 is 0 Å². The van der Waals surface area contributed by atoms with Gasteiger partial charge in [0.15, 0.2) is 0 Å². The molecule has 0 saturated carbocycles. The maximum atomic E-state index is 11.5. The number of aromatic nitrogens is 1. The molecule has 0 N–H and O–H groups in total. The molecule has 0 aliphatic rings. The largest absolute Gasteiger partial charge is 0.300 e. The fraction of sp³-hybridized carbons (Fsp3) is 0.333. The maximum Gasteiger partial charge on any atom is 0.133 e. The van der Waals surface area contributed by atoms with Crippen LogP contribution in [0.25, 0.3) is 10.9 Å². The number of hydrogen-bond acceptors (Lipinski definition) is 2. The quantitative estimate of drug-likeness (QED) is 0.801. The molecule has 0 saturated heterocycles. The van der Waals surface area contributed by atoms with Crippen LogP contribution in [-0.2, 0) is 11.2 Å². The van der Waals surface area contributed by atoms with Crippen molar-refractivity contribution in [1.82, 2.24) is 4.98 Å². The summed E-state index contributed by atoms with van der Waals surface area (Å²) in [5.74, 6) is 0.397. The molecule has 1 heterocycles. The first-order valence-electron chi connectivity index (χ1n) is 6.05. The number of ketones is 1. The lowest BCUT2D eigenvalue weighted by atomic mass is 9.92. The molecule has 2 rings (SSSR count). The molecule has 0 fully saturated rings. The molecule has 1 unspecified atom stereocenters.